The highest BCUT2D eigenvalue weighted by Gasteiger charge is 2.06. The fourth-order valence-corrected chi connectivity index (χ4v) is 1.66. The molecular weight excluding hydrogens is 282 g/mol. The van der Waals surface area contributed by atoms with Crippen molar-refractivity contribution >= 4 is 11.8 Å². The summed E-state index contributed by atoms with van der Waals surface area (Å²) in [6.45, 7) is 0.196. The summed E-state index contributed by atoms with van der Waals surface area (Å²) in [6, 6.07) is 12.6. The second-order valence-corrected chi connectivity index (χ2v) is 4.51. The Morgan fingerprint density at radius 2 is 1.68 bits per heavy atom. The van der Waals surface area contributed by atoms with Crippen LogP contribution in [0.15, 0.2) is 54.9 Å². The van der Waals surface area contributed by atoms with Crippen LogP contribution in [0.2, 0.25) is 0 Å². The van der Waals surface area contributed by atoms with Crippen molar-refractivity contribution in [3.8, 4) is 5.75 Å². The van der Waals surface area contributed by atoms with Gasteiger partial charge in [-0.15, -0.1) is 0 Å². The molecule has 0 atom stereocenters. The van der Waals surface area contributed by atoms with Crippen molar-refractivity contribution in [2.45, 2.75) is 6.54 Å². The zero-order chi connectivity index (χ0) is 15.6. The highest BCUT2D eigenvalue weighted by molar-refractivity contribution is 5.85. The van der Waals surface area contributed by atoms with E-state index in [1.54, 1.807) is 24.5 Å². The Morgan fingerprint density at radius 1 is 0.955 bits per heavy atom. The molecule has 0 aliphatic carbocycles. The van der Waals surface area contributed by atoms with Crippen molar-refractivity contribution in [2.24, 2.45) is 0 Å². The predicted molar refractivity (Wildman–Crippen MR) is 81.0 cm³/mol. The lowest BCUT2D eigenvalue weighted by atomic mass is 10.3. The minimum atomic E-state index is -0.345. The van der Waals surface area contributed by atoms with E-state index in [0.717, 1.165) is 5.56 Å². The van der Waals surface area contributed by atoms with Crippen LogP contribution in [0.1, 0.15) is 5.56 Å². The average Bonchev–Trinajstić information content (AvgIpc) is 2.58. The first-order valence-corrected chi connectivity index (χ1v) is 6.84. The number of carbonyl (C=O) groups excluding carboxylic acids is 2. The van der Waals surface area contributed by atoms with Gasteiger partial charge in [0.25, 0.3) is 5.91 Å². The van der Waals surface area contributed by atoms with E-state index < -0.39 is 0 Å². The maximum Gasteiger partial charge on any atom is 0.258 e. The molecular formula is C16H17N3O3. The maximum absolute atomic E-state index is 11.6. The van der Waals surface area contributed by atoms with Crippen molar-refractivity contribution in [1.82, 2.24) is 15.6 Å². The first-order valence-electron chi connectivity index (χ1n) is 6.84. The summed E-state index contributed by atoms with van der Waals surface area (Å²) < 4.78 is 5.28. The molecule has 0 aliphatic heterocycles. The Balaban J connectivity index is 1.62. The molecule has 1 aromatic carbocycles. The third-order valence-corrected chi connectivity index (χ3v) is 2.80. The summed E-state index contributed by atoms with van der Waals surface area (Å²) in [7, 11) is 0. The van der Waals surface area contributed by atoms with E-state index in [9.17, 15) is 9.59 Å². The van der Waals surface area contributed by atoms with E-state index >= 15 is 0 Å². The van der Waals surface area contributed by atoms with Crippen LogP contribution in [0, 0.1) is 0 Å². The fraction of sp³-hybridized carbons (Fsp3) is 0.188. The van der Waals surface area contributed by atoms with Crippen LogP contribution in [0.4, 0.5) is 0 Å². The zero-order valence-electron chi connectivity index (χ0n) is 12.0. The van der Waals surface area contributed by atoms with Gasteiger partial charge in [-0.05, 0) is 29.8 Å². The number of pyridine rings is 1. The zero-order valence-corrected chi connectivity index (χ0v) is 12.0. The third kappa shape index (κ3) is 5.62. The van der Waals surface area contributed by atoms with Crippen molar-refractivity contribution < 1.29 is 14.3 Å². The standard InChI is InChI=1S/C16H17N3O3/c20-15(18-10-13-6-8-17-9-7-13)11-19-16(21)12-22-14-4-2-1-3-5-14/h1-9H,10-12H2,(H,18,20)(H,19,21). The van der Waals surface area contributed by atoms with Crippen LogP contribution in [0.25, 0.3) is 0 Å². The van der Waals surface area contributed by atoms with Gasteiger partial charge in [0, 0.05) is 18.9 Å². The largest absolute Gasteiger partial charge is 0.484 e. The van der Waals surface area contributed by atoms with Crippen LogP contribution in [0.5, 0.6) is 5.75 Å². The molecule has 6 nitrogen and oxygen atoms in total. The Hall–Kier alpha value is -2.89. The second-order valence-electron chi connectivity index (χ2n) is 4.51. The number of rotatable bonds is 7. The van der Waals surface area contributed by atoms with Gasteiger partial charge in [0.15, 0.2) is 6.61 Å². The van der Waals surface area contributed by atoms with Gasteiger partial charge in [0.05, 0.1) is 6.54 Å². The summed E-state index contributed by atoms with van der Waals surface area (Å²) in [5.41, 5.74) is 0.946. The van der Waals surface area contributed by atoms with Crippen molar-refractivity contribution in [3.05, 3.63) is 60.4 Å². The van der Waals surface area contributed by atoms with E-state index in [1.165, 1.54) is 0 Å². The molecule has 2 aromatic rings. The van der Waals surface area contributed by atoms with Gasteiger partial charge in [-0.3, -0.25) is 14.6 Å². The number of carbonyl (C=O) groups is 2. The van der Waals surface area contributed by atoms with E-state index in [-0.39, 0.29) is 25.0 Å². The molecule has 0 radical (unpaired) electrons. The van der Waals surface area contributed by atoms with Crippen molar-refractivity contribution in [3.63, 3.8) is 0 Å². The van der Waals surface area contributed by atoms with Gasteiger partial charge in [0.2, 0.25) is 5.91 Å². The van der Waals surface area contributed by atoms with Crippen molar-refractivity contribution in [1.29, 1.82) is 0 Å². The molecule has 2 amide bonds. The van der Waals surface area contributed by atoms with E-state index in [0.29, 0.717) is 12.3 Å². The number of nitrogens with zero attached hydrogens (tertiary/aromatic N) is 1. The molecule has 0 fully saturated rings. The molecule has 1 heterocycles. The Morgan fingerprint density at radius 3 is 2.41 bits per heavy atom. The van der Waals surface area contributed by atoms with E-state index in [1.807, 2.05) is 30.3 Å². The Labute approximate surface area is 128 Å². The maximum atomic E-state index is 11.6. The number of nitrogens with one attached hydrogen (secondary N) is 2. The summed E-state index contributed by atoms with van der Waals surface area (Å²) in [5, 5.41) is 5.21. The van der Waals surface area contributed by atoms with Crippen LogP contribution < -0.4 is 15.4 Å². The second kappa shape index (κ2) is 8.41. The number of hydrogen-bond donors (Lipinski definition) is 2. The smallest absolute Gasteiger partial charge is 0.258 e. The number of amides is 2. The molecule has 0 aliphatic rings. The molecule has 1 aromatic heterocycles. The lowest BCUT2D eigenvalue weighted by molar-refractivity contribution is -0.127. The van der Waals surface area contributed by atoms with Gasteiger partial charge in [-0.2, -0.15) is 0 Å². The van der Waals surface area contributed by atoms with Gasteiger partial charge in [0.1, 0.15) is 5.75 Å². The fourth-order valence-electron chi connectivity index (χ4n) is 1.66. The normalized spacial score (nSPS) is 9.82. The average molecular weight is 299 g/mol. The van der Waals surface area contributed by atoms with E-state index in [4.69, 9.17) is 4.74 Å². The molecule has 22 heavy (non-hydrogen) atoms. The van der Waals surface area contributed by atoms with Crippen LogP contribution in [0.3, 0.4) is 0 Å². The molecule has 0 saturated carbocycles. The summed E-state index contributed by atoms with van der Waals surface area (Å²) >= 11 is 0. The molecule has 2 rings (SSSR count). The number of hydrogen-bond acceptors (Lipinski definition) is 4. The number of para-hydroxylation sites is 1. The summed E-state index contributed by atoms with van der Waals surface area (Å²) in [4.78, 5) is 27.1. The molecule has 0 bridgehead atoms. The highest BCUT2D eigenvalue weighted by atomic mass is 16.5. The lowest BCUT2D eigenvalue weighted by Gasteiger charge is -2.08. The SMILES string of the molecule is O=C(CNC(=O)COc1ccccc1)NCc1ccncc1. The number of aromatic nitrogens is 1. The summed E-state index contributed by atoms with van der Waals surface area (Å²) in [5.74, 6) is 0.00701. The molecule has 2 N–H and O–H groups in total. The third-order valence-electron chi connectivity index (χ3n) is 2.80. The first kappa shape index (κ1) is 15.5. The quantitative estimate of drug-likeness (QED) is 0.796. The predicted octanol–water partition coefficient (Wildman–Crippen LogP) is 0.893. The minimum absolute atomic E-state index is 0.0813. The van der Waals surface area contributed by atoms with E-state index in [2.05, 4.69) is 15.6 Å². The van der Waals surface area contributed by atoms with Crippen LogP contribution in [-0.2, 0) is 16.1 Å². The van der Waals surface area contributed by atoms with Crippen LogP contribution in [-0.4, -0.2) is 29.9 Å². The highest BCUT2D eigenvalue weighted by Crippen LogP contribution is 2.07. The van der Waals surface area contributed by atoms with Crippen LogP contribution >= 0.6 is 0 Å². The topological polar surface area (TPSA) is 80.3 Å². The van der Waals surface area contributed by atoms with Crippen molar-refractivity contribution in [2.75, 3.05) is 13.2 Å². The molecule has 0 unspecified atom stereocenters. The lowest BCUT2D eigenvalue weighted by Crippen LogP contribution is -2.38. The number of ether oxygens (including phenoxy) is 1. The van der Waals surface area contributed by atoms with Gasteiger partial charge < -0.3 is 15.4 Å². The summed E-state index contributed by atoms with van der Waals surface area (Å²) in [6.07, 6.45) is 3.31. The van der Waals surface area contributed by atoms with Gasteiger partial charge >= 0.3 is 0 Å². The Bertz CT molecular complexity index is 547. The molecule has 6 heteroatoms. The molecule has 0 spiro atoms. The molecule has 0 saturated heterocycles. The van der Waals surface area contributed by atoms with Gasteiger partial charge in [-0.1, -0.05) is 18.2 Å². The first-order chi connectivity index (χ1) is 10.7. The molecule has 114 valence electrons. The minimum Gasteiger partial charge on any atom is -0.484 e. The Kier molecular flexibility index (Phi) is 5.92. The number of benzene rings is 1. The monoisotopic (exact) mass is 299 g/mol. The van der Waals surface area contributed by atoms with Gasteiger partial charge in [-0.25, -0.2) is 0 Å².